The van der Waals surface area contributed by atoms with Crippen molar-refractivity contribution in [2.24, 2.45) is 0 Å². The number of amides is 3. The van der Waals surface area contributed by atoms with Gasteiger partial charge < -0.3 is 24.3 Å². The van der Waals surface area contributed by atoms with Crippen LogP contribution in [0.1, 0.15) is 17.3 Å². The zero-order valence-electron chi connectivity index (χ0n) is 20.8. The average molecular weight is 560 g/mol. The van der Waals surface area contributed by atoms with Gasteiger partial charge in [0.05, 0.1) is 37.2 Å². The molecule has 0 aliphatic heterocycles. The van der Waals surface area contributed by atoms with E-state index >= 15 is 0 Å². The lowest BCUT2D eigenvalue weighted by Gasteiger charge is -2.30. The molecule has 3 amide bonds. The predicted octanol–water partition coefficient (Wildman–Crippen LogP) is 5.24. The lowest BCUT2D eigenvalue weighted by Crippen LogP contribution is -2.46. The average Bonchev–Trinajstić information content (AvgIpc) is 2.93. The van der Waals surface area contributed by atoms with E-state index in [1.165, 1.54) is 32.4 Å². The summed E-state index contributed by atoms with van der Waals surface area (Å²) in [6, 6.07) is 16.8. The van der Waals surface area contributed by atoms with Gasteiger partial charge in [-0.25, -0.2) is 14.6 Å². The molecule has 0 atom stereocenters. The van der Waals surface area contributed by atoms with E-state index in [2.05, 4.69) is 18.1 Å². The summed E-state index contributed by atoms with van der Waals surface area (Å²) in [5, 5.41) is 3.95. The van der Waals surface area contributed by atoms with Crippen LogP contribution in [0.2, 0.25) is 5.02 Å². The largest absolute Gasteiger partial charge is 0.495 e. The van der Waals surface area contributed by atoms with Gasteiger partial charge in [0.15, 0.2) is 6.61 Å². The first-order valence-electron chi connectivity index (χ1n) is 11.3. The van der Waals surface area contributed by atoms with Crippen LogP contribution in [0.25, 0.3) is 0 Å². The summed E-state index contributed by atoms with van der Waals surface area (Å²) in [5.41, 5.74) is 0.768. The number of urea groups is 1. The van der Waals surface area contributed by atoms with Crippen LogP contribution in [0.4, 0.5) is 16.2 Å². The number of ether oxygens (including phenoxy) is 4. The number of hydrogen-bond acceptors (Lipinski definition) is 8. The van der Waals surface area contributed by atoms with E-state index in [0.29, 0.717) is 11.4 Å². The Morgan fingerprint density at radius 2 is 1.66 bits per heavy atom. The number of rotatable bonds is 9. The molecule has 38 heavy (non-hydrogen) atoms. The van der Waals surface area contributed by atoms with Gasteiger partial charge in [-0.05, 0) is 56.1 Å². The van der Waals surface area contributed by atoms with Gasteiger partial charge in [-0.2, -0.15) is 4.41 Å². The molecule has 0 aliphatic rings. The first kappa shape index (κ1) is 28.5. The van der Waals surface area contributed by atoms with Crippen molar-refractivity contribution in [1.82, 2.24) is 4.41 Å². The number of para-hydroxylation sites is 1. The summed E-state index contributed by atoms with van der Waals surface area (Å²) in [6.45, 7) is 1.59. The highest BCUT2D eigenvalue weighted by molar-refractivity contribution is 7.78. The van der Waals surface area contributed by atoms with Crippen LogP contribution in [0.3, 0.4) is 0 Å². The topological polar surface area (TPSA) is 107 Å². The number of esters is 1. The maximum Gasteiger partial charge on any atom is 0.351 e. The molecule has 0 bridgehead atoms. The Balaban J connectivity index is 1.89. The van der Waals surface area contributed by atoms with Crippen molar-refractivity contribution in [3.8, 4) is 17.2 Å². The molecule has 0 heterocycles. The molecule has 0 unspecified atom stereocenters. The van der Waals surface area contributed by atoms with Gasteiger partial charge in [0.1, 0.15) is 17.2 Å². The second-order valence-electron chi connectivity index (χ2n) is 7.48. The number of carbonyl (C=O) groups excluding carboxylic acids is 3. The molecule has 3 aromatic carbocycles. The van der Waals surface area contributed by atoms with Gasteiger partial charge >= 0.3 is 12.0 Å². The Labute approximate surface area is 230 Å². The minimum Gasteiger partial charge on any atom is -0.495 e. The molecule has 0 radical (unpaired) electrons. The minimum atomic E-state index is -0.778. The number of nitrogens with one attached hydrogen (secondary N) is 1. The second kappa shape index (κ2) is 13.5. The monoisotopic (exact) mass is 559 g/mol. The number of hydrogen-bond donors (Lipinski definition) is 2. The van der Waals surface area contributed by atoms with Crippen LogP contribution in [-0.2, 0) is 9.53 Å². The number of hydrazine groups is 1. The molecule has 3 aromatic rings. The van der Waals surface area contributed by atoms with Crippen LogP contribution < -0.4 is 24.5 Å². The summed E-state index contributed by atoms with van der Waals surface area (Å²) >= 11 is 10.6. The number of benzene rings is 3. The van der Waals surface area contributed by atoms with E-state index in [0.717, 1.165) is 9.42 Å². The zero-order chi connectivity index (χ0) is 27.7. The number of nitrogens with zero attached hydrogens (tertiary/aromatic N) is 2. The maximum absolute atomic E-state index is 13.6. The molecular weight excluding hydrogens is 534 g/mol. The van der Waals surface area contributed by atoms with Crippen LogP contribution >= 0.6 is 24.4 Å². The molecule has 12 heteroatoms. The second-order valence-corrected chi connectivity index (χ2v) is 8.27. The van der Waals surface area contributed by atoms with Crippen molar-refractivity contribution in [3.05, 3.63) is 77.3 Å². The van der Waals surface area contributed by atoms with Crippen LogP contribution in [-0.4, -0.2) is 49.8 Å². The van der Waals surface area contributed by atoms with E-state index in [-0.39, 0.29) is 41.0 Å². The molecule has 0 saturated carbocycles. The van der Waals surface area contributed by atoms with Crippen molar-refractivity contribution >= 4 is 53.7 Å². The molecule has 0 spiro atoms. The minimum absolute atomic E-state index is 0.173. The highest BCUT2D eigenvalue weighted by atomic mass is 35.5. The normalized spacial score (nSPS) is 10.2. The Hall–Kier alpha value is -4.09. The number of anilines is 2. The van der Waals surface area contributed by atoms with E-state index in [1.807, 2.05) is 0 Å². The Morgan fingerprint density at radius 3 is 2.32 bits per heavy atom. The molecule has 1 N–H and O–H groups in total. The Bertz CT molecular complexity index is 1290. The van der Waals surface area contributed by atoms with Gasteiger partial charge in [0, 0.05) is 11.6 Å². The van der Waals surface area contributed by atoms with Crippen molar-refractivity contribution < 1.29 is 33.3 Å². The molecule has 0 aliphatic carbocycles. The first-order chi connectivity index (χ1) is 18.3. The van der Waals surface area contributed by atoms with Gasteiger partial charge in [-0.1, -0.05) is 35.9 Å². The summed E-state index contributed by atoms with van der Waals surface area (Å²) in [7, 11) is 2.88. The third kappa shape index (κ3) is 7.02. The fraction of sp³-hybridized carbons (Fsp3) is 0.192. The van der Waals surface area contributed by atoms with Crippen LogP contribution in [0, 0.1) is 0 Å². The number of halogens is 1. The molecular formula is C26H26ClN3O7S. The summed E-state index contributed by atoms with van der Waals surface area (Å²) in [4.78, 5) is 38.5. The molecule has 200 valence electrons. The summed E-state index contributed by atoms with van der Waals surface area (Å²) < 4.78 is 21.6. The van der Waals surface area contributed by atoms with Crippen molar-refractivity contribution in [3.63, 3.8) is 0 Å². The summed E-state index contributed by atoms with van der Waals surface area (Å²) in [6.07, 6.45) is 0. The smallest absolute Gasteiger partial charge is 0.351 e. The maximum atomic E-state index is 13.6. The van der Waals surface area contributed by atoms with Crippen molar-refractivity contribution in [1.29, 1.82) is 0 Å². The molecule has 0 saturated heterocycles. The standard InChI is InChI=1S/C26H26ClN3O7S/c1-4-36-24(31)16-37-19-12-8-9-17(13-19)25(32)29(18-10-6-5-7-11-18)30(38)26(33)28-21-14-20(27)22(34-2)15-23(21)35-3/h5-15,38H,4,16H2,1-3H3,(H,28,33). The fourth-order valence-corrected chi connectivity index (χ4v) is 3.76. The molecule has 0 aromatic heterocycles. The SMILES string of the molecule is CCOC(=O)COc1cccc(C(=O)N(c2ccccc2)N(S)C(=O)Nc2cc(Cl)c(OC)cc2OC)c1. The van der Waals surface area contributed by atoms with Crippen LogP contribution in [0.5, 0.6) is 17.2 Å². The zero-order valence-corrected chi connectivity index (χ0v) is 22.5. The number of thiol groups is 1. The fourth-order valence-electron chi connectivity index (χ4n) is 3.28. The van der Waals surface area contributed by atoms with Gasteiger partial charge in [-0.15, -0.1) is 0 Å². The van der Waals surface area contributed by atoms with Crippen LogP contribution in [0.15, 0.2) is 66.7 Å². The third-order valence-electron chi connectivity index (χ3n) is 5.02. The van der Waals surface area contributed by atoms with E-state index < -0.39 is 17.9 Å². The first-order valence-corrected chi connectivity index (χ1v) is 12.1. The number of carbonyl (C=O) groups is 3. The van der Waals surface area contributed by atoms with E-state index in [4.69, 9.17) is 30.5 Å². The van der Waals surface area contributed by atoms with E-state index in [1.54, 1.807) is 55.5 Å². The quantitative estimate of drug-likeness (QED) is 0.210. The van der Waals surface area contributed by atoms with Gasteiger partial charge in [-0.3, -0.25) is 4.79 Å². The number of methoxy groups -OCH3 is 2. The summed E-state index contributed by atoms with van der Waals surface area (Å²) in [5.74, 6) is -0.226. The molecule has 0 fully saturated rings. The lowest BCUT2D eigenvalue weighted by atomic mass is 10.2. The highest BCUT2D eigenvalue weighted by Gasteiger charge is 2.28. The van der Waals surface area contributed by atoms with Crippen molar-refractivity contribution in [2.45, 2.75) is 6.92 Å². The van der Waals surface area contributed by atoms with Gasteiger partial charge in [0.2, 0.25) is 0 Å². The lowest BCUT2D eigenvalue weighted by molar-refractivity contribution is -0.145. The van der Waals surface area contributed by atoms with E-state index in [9.17, 15) is 14.4 Å². The Morgan fingerprint density at radius 1 is 0.947 bits per heavy atom. The van der Waals surface area contributed by atoms with Crippen molar-refractivity contribution in [2.75, 3.05) is 37.8 Å². The highest BCUT2D eigenvalue weighted by Crippen LogP contribution is 2.36. The Kier molecular flexibility index (Phi) is 10.1. The molecule has 10 nitrogen and oxygen atoms in total. The predicted molar refractivity (Wildman–Crippen MR) is 146 cm³/mol. The molecule has 3 rings (SSSR count). The third-order valence-corrected chi connectivity index (χ3v) is 5.68. The van der Waals surface area contributed by atoms with Gasteiger partial charge in [0.25, 0.3) is 5.91 Å².